The Morgan fingerprint density at radius 3 is 2.57 bits per heavy atom. The lowest BCUT2D eigenvalue weighted by Crippen LogP contribution is -2.48. The van der Waals surface area contributed by atoms with E-state index < -0.39 is 22.0 Å². The molecule has 8 nitrogen and oxygen atoms in total. The van der Waals surface area contributed by atoms with Crippen molar-refractivity contribution in [3.8, 4) is 5.75 Å². The van der Waals surface area contributed by atoms with Crippen LogP contribution in [-0.4, -0.2) is 45.7 Å². The van der Waals surface area contributed by atoms with Crippen molar-refractivity contribution in [2.75, 3.05) is 33.9 Å². The van der Waals surface area contributed by atoms with E-state index >= 15 is 0 Å². The van der Waals surface area contributed by atoms with Crippen molar-refractivity contribution in [1.29, 1.82) is 0 Å². The summed E-state index contributed by atoms with van der Waals surface area (Å²) in [5, 5.41) is 3.11. The Labute approximate surface area is 179 Å². The third-order valence-corrected chi connectivity index (χ3v) is 6.38. The summed E-state index contributed by atoms with van der Waals surface area (Å²) in [5.41, 5.74) is 1.60. The Bertz CT molecular complexity index is 1100. The molecule has 158 valence electrons. The number of halogens is 1. The number of sulfonamides is 1. The summed E-state index contributed by atoms with van der Waals surface area (Å²) in [4.78, 5) is 26.3. The number of hydrogen-bond donors (Lipinski definition) is 1. The Kier molecular flexibility index (Phi) is 5.33. The van der Waals surface area contributed by atoms with Crippen molar-refractivity contribution in [2.24, 2.45) is 0 Å². The predicted octanol–water partition coefficient (Wildman–Crippen LogP) is 2.63. The summed E-state index contributed by atoms with van der Waals surface area (Å²) >= 11 is 5.99. The maximum atomic E-state index is 12.8. The third kappa shape index (κ3) is 4.08. The highest BCUT2D eigenvalue weighted by molar-refractivity contribution is 7.92. The molecule has 2 aliphatic heterocycles. The third-order valence-electron chi connectivity index (χ3n) is 5.00. The smallest absolute Gasteiger partial charge is 0.267 e. The lowest BCUT2D eigenvalue weighted by atomic mass is 10.2. The fourth-order valence-corrected chi connectivity index (χ4v) is 4.62. The number of nitrogens with one attached hydrogen (secondary N) is 1. The standard InChI is InChI=1S/C20H20ClN3O5S/c1-30(27,28)24-12-18(29-17-9-4-13(21)11-16(17)24)20(26)22-14-5-7-15(8-6-14)23-10-2-3-19(23)25/h4-9,11,18H,2-3,10,12H2,1H3,(H,22,26)/t18-/m1/s1. The Balaban J connectivity index is 1.51. The molecule has 1 N–H and O–H groups in total. The van der Waals surface area contributed by atoms with Crippen molar-refractivity contribution >= 4 is 50.5 Å². The number of carbonyl (C=O) groups excluding carboxylic acids is 2. The van der Waals surface area contributed by atoms with E-state index in [9.17, 15) is 18.0 Å². The van der Waals surface area contributed by atoms with Gasteiger partial charge in [-0.1, -0.05) is 11.6 Å². The Hall–Kier alpha value is -2.78. The van der Waals surface area contributed by atoms with Gasteiger partial charge in [0.05, 0.1) is 18.5 Å². The van der Waals surface area contributed by atoms with E-state index in [0.29, 0.717) is 29.4 Å². The molecule has 1 atom stereocenters. The van der Waals surface area contributed by atoms with Crippen LogP contribution in [0.5, 0.6) is 5.75 Å². The van der Waals surface area contributed by atoms with Gasteiger partial charge >= 0.3 is 0 Å². The van der Waals surface area contributed by atoms with E-state index in [1.165, 1.54) is 12.1 Å². The highest BCUT2D eigenvalue weighted by Gasteiger charge is 2.35. The molecule has 0 radical (unpaired) electrons. The van der Waals surface area contributed by atoms with Crippen LogP contribution in [0.25, 0.3) is 0 Å². The van der Waals surface area contributed by atoms with Gasteiger partial charge in [0.2, 0.25) is 15.9 Å². The Morgan fingerprint density at radius 1 is 1.20 bits per heavy atom. The first-order valence-corrected chi connectivity index (χ1v) is 11.6. The monoisotopic (exact) mass is 449 g/mol. The number of carbonyl (C=O) groups is 2. The van der Waals surface area contributed by atoms with Gasteiger partial charge in [0.15, 0.2) is 6.10 Å². The molecule has 2 amide bonds. The average Bonchev–Trinajstić information content (AvgIpc) is 3.13. The van der Waals surface area contributed by atoms with E-state index in [4.69, 9.17) is 16.3 Å². The highest BCUT2D eigenvalue weighted by Crippen LogP contribution is 2.37. The molecule has 0 bridgehead atoms. The summed E-state index contributed by atoms with van der Waals surface area (Å²) in [6.45, 7) is 0.517. The fourth-order valence-electron chi connectivity index (χ4n) is 3.54. The summed E-state index contributed by atoms with van der Waals surface area (Å²) in [6.07, 6.45) is 1.41. The zero-order valence-electron chi connectivity index (χ0n) is 16.2. The minimum Gasteiger partial charge on any atom is -0.476 e. The zero-order chi connectivity index (χ0) is 21.5. The van der Waals surface area contributed by atoms with Crippen LogP contribution in [0.3, 0.4) is 0 Å². The molecule has 4 rings (SSSR count). The first-order valence-electron chi connectivity index (χ1n) is 9.37. The largest absolute Gasteiger partial charge is 0.476 e. The van der Waals surface area contributed by atoms with E-state index in [1.54, 1.807) is 35.2 Å². The lowest BCUT2D eigenvalue weighted by molar-refractivity contribution is -0.122. The topological polar surface area (TPSA) is 96.0 Å². The molecule has 1 fully saturated rings. The highest BCUT2D eigenvalue weighted by atomic mass is 35.5. The second-order valence-electron chi connectivity index (χ2n) is 7.20. The lowest BCUT2D eigenvalue weighted by Gasteiger charge is -2.34. The molecule has 0 spiro atoms. The summed E-state index contributed by atoms with van der Waals surface area (Å²) < 4.78 is 31.3. The fraction of sp³-hybridized carbons (Fsp3) is 0.300. The van der Waals surface area contributed by atoms with E-state index in [-0.39, 0.29) is 18.2 Å². The summed E-state index contributed by atoms with van der Waals surface area (Å²) in [6, 6.07) is 11.5. The minimum atomic E-state index is -3.64. The summed E-state index contributed by atoms with van der Waals surface area (Å²) in [5.74, 6) is -0.129. The van der Waals surface area contributed by atoms with Crippen LogP contribution in [-0.2, 0) is 19.6 Å². The van der Waals surface area contributed by atoms with Crippen LogP contribution < -0.4 is 19.3 Å². The van der Waals surface area contributed by atoms with Crippen molar-refractivity contribution < 1.29 is 22.7 Å². The van der Waals surface area contributed by atoms with Gasteiger partial charge in [0.25, 0.3) is 5.91 Å². The SMILES string of the molecule is CS(=O)(=O)N1C[C@H](C(=O)Nc2ccc(N3CCCC3=O)cc2)Oc2ccc(Cl)cc21. The van der Waals surface area contributed by atoms with Crippen molar-refractivity contribution in [1.82, 2.24) is 0 Å². The number of rotatable bonds is 4. The number of hydrogen-bond acceptors (Lipinski definition) is 5. The van der Waals surface area contributed by atoms with Crippen LogP contribution >= 0.6 is 11.6 Å². The second kappa shape index (κ2) is 7.81. The van der Waals surface area contributed by atoms with Gasteiger partial charge in [0.1, 0.15) is 5.75 Å². The van der Waals surface area contributed by atoms with Crippen LogP contribution in [0.1, 0.15) is 12.8 Å². The second-order valence-corrected chi connectivity index (χ2v) is 9.54. The van der Waals surface area contributed by atoms with Crippen molar-refractivity contribution in [2.45, 2.75) is 18.9 Å². The molecule has 10 heteroatoms. The molecular weight excluding hydrogens is 430 g/mol. The first-order chi connectivity index (χ1) is 14.2. The van der Waals surface area contributed by atoms with Gasteiger partial charge in [-0.25, -0.2) is 8.42 Å². The van der Waals surface area contributed by atoms with Gasteiger partial charge in [-0.05, 0) is 48.9 Å². The number of anilines is 3. The molecule has 0 aromatic heterocycles. The maximum Gasteiger partial charge on any atom is 0.267 e. The van der Waals surface area contributed by atoms with Crippen LogP contribution in [0.15, 0.2) is 42.5 Å². The quantitative estimate of drug-likeness (QED) is 0.774. The molecule has 0 aliphatic carbocycles. The zero-order valence-corrected chi connectivity index (χ0v) is 17.7. The molecule has 30 heavy (non-hydrogen) atoms. The molecule has 0 unspecified atom stereocenters. The molecule has 2 aliphatic rings. The van der Waals surface area contributed by atoms with E-state index in [1.807, 2.05) is 0 Å². The number of benzene rings is 2. The molecular formula is C20H20ClN3O5S. The molecule has 2 heterocycles. The number of ether oxygens (including phenoxy) is 1. The molecule has 2 aromatic rings. The summed E-state index contributed by atoms with van der Waals surface area (Å²) in [7, 11) is -3.64. The van der Waals surface area contributed by atoms with Gasteiger partial charge in [0, 0.05) is 29.4 Å². The predicted molar refractivity (Wildman–Crippen MR) is 115 cm³/mol. The van der Waals surface area contributed by atoms with Gasteiger partial charge in [-0.2, -0.15) is 0 Å². The van der Waals surface area contributed by atoms with Crippen LogP contribution in [0, 0.1) is 0 Å². The van der Waals surface area contributed by atoms with E-state index in [0.717, 1.165) is 22.7 Å². The number of nitrogens with zero attached hydrogens (tertiary/aromatic N) is 2. The van der Waals surface area contributed by atoms with Gasteiger partial charge in [-0.15, -0.1) is 0 Å². The number of fused-ring (bicyclic) bond motifs is 1. The maximum absolute atomic E-state index is 12.8. The van der Waals surface area contributed by atoms with Gasteiger partial charge in [-0.3, -0.25) is 13.9 Å². The van der Waals surface area contributed by atoms with Crippen LogP contribution in [0.2, 0.25) is 5.02 Å². The van der Waals surface area contributed by atoms with E-state index in [2.05, 4.69) is 5.32 Å². The molecule has 2 aromatic carbocycles. The molecule has 1 saturated heterocycles. The van der Waals surface area contributed by atoms with Crippen LogP contribution in [0.4, 0.5) is 17.1 Å². The van der Waals surface area contributed by atoms with Crippen molar-refractivity contribution in [3.63, 3.8) is 0 Å². The van der Waals surface area contributed by atoms with Crippen molar-refractivity contribution in [3.05, 3.63) is 47.5 Å². The van der Waals surface area contributed by atoms with Gasteiger partial charge < -0.3 is 15.0 Å². The minimum absolute atomic E-state index is 0.0852. The average molecular weight is 450 g/mol. The Morgan fingerprint density at radius 2 is 1.93 bits per heavy atom. The molecule has 0 saturated carbocycles. The first kappa shape index (κ1) is 20.5. The normalized spacial score (nSPS) is 18.7. The number of amides is 2.